The first kappa shape index (κ1) is 13.9. The Kier molecular flexibility index (Phi) is 5.95. The minimum Gasteiger partial charge on any atom is -0.465 e. The number of nitrogen functional groups attached to an aromatic ring is 1. The topological polar surface area (TPSA) is 94.3 Å². The van der Waals surface area contributed by atoms with Gasteiger partial charge in [0.2, 0.25) is 0 Å². The molecule has 1 heterocycles. The van der Waals surface area contributed by atoms with Gasteiger partial charge >= 0.3 is 5.97 Å². The molecule has 0 aromatic carbocycles. The van der Waals surface area contributed by atoms with E-state index in [0.717, 1.165) is 5.69 Å². The predicted octanol–water partition coefficient (Wildman–Crippen LogP) is 0.543. The van der Waals surface area contributed by atoms with Crippen LogP contribution in [0.1, 0.15) is 22.4 Å². The third kappa shape index (κ3) is 4.72. The summed E-state index contributed by atoms with van der Waals surface area (Å²) in [5.41, 5.74) is 2.77. The largest absolute Gasteiger partial charge is 0.465 e. The molecule has 1 amide bonds. The van der Waals surface area contributed by atoms with Gasteiger partial charge in [0, 0.05) is 11.1 Å². The van der Waals surface area contributed by atoms with Gasteiger partial charge in [-0.05, 0) is 6.92 Å². The summed E-state index contributed by atoms with van der Waals surface area (Å²) in [4.78, 5) is 26.3. The van der Waals surface area contributed by atoms with Crippen LogP contribution in [-0.2, 0) is 15.3 Å². The standard InChI is InChI=1S/C9H13N3O3S2/c1-2-15-7(13)5-16-3-6-4-17-9(11-6)8(14)12-10/h4H,2-3,5,10H2,1H3,(H,12,14). The second-order valence-corrected chi connectivity index (χ2v) is 4.76. The molecule has 3 N–H and O–H groups in total. The average molecular weight is 275 g/mol. The van der Waals surface area contributed by atoms with Crippen LogP contribution in [0.5, 0.6) is 0 Å². The second kappa shape index (κ2) is 7.25. The van der Waals surface area contributed by atoms with Crippen molar-refractivity contribution in [1.29, 1.82) is 0 Å². The molecule has 0 aliphatic carbocycles. The fourth-order valence-electron chi connectivity index (χ4n) is 0.981. The summed E-state index contributed by atoms with van der Waals surface area (Å²) in [6, 6.07) is 0. The lowest BCUT2D eigenvalue weighted by Crippen LogP contribution is -2.29. The molecule has 0 aliphatic heterocycles. The average Bonchev–Trinajstić information content (AvgIpc) is 2.77. The van der Waals surface area contributed by atoms with Crippen molar-refractivity contribution in [2.24, 2.45) is 5.84 Å². The Morgan fingerprint density at radius 1 is 1.65 bits per heavy atom. The molecule has 0 saturated heterocycles. The molecule has 0 unspecified atom stereocenters. The van der Waals surface area contributed by atoms with Crippen molar-refractivity contribution in [3.63, 3.8) is 0 Å². The van der Waals surface area contributed by atoms with Crippen LogP contribution < -0.4 is 11.3 Å². The normalized spacial score (nSPS) is 10.0. The minimum atomic E-state index is -0.406. The number of rotatable bonds is 6. The van der Waals surface area contributed by atoms with Crippen LogP contribution in [0.2, 0.25) is 0 Å². The molecule has 0 radical (unpaired) electrons. The molecule has 6 nitrogen and oxygen atoms in total. The number of nitrogens with two attached hydrogens (primary N) is 1. The van der Waals surface area contributed by atoms with Crippen LogP contribution in [0, 0.1) is 0 Å². The second-order valence-electron chi connectivity index (χ2n) is 2.92. The van der Waals surface area contributed by atoms with Gasteiger partial charge in [-0.3, -0.25) is 15.0 Å². The smallest absolute Gasteiger partial charge is 0.315 e. The van der Waals surface area contributed by atoms with E-state index in [2.05, 4.69) is 4.98 Å². The Hall–Kier alpha value is -1.12. The summed E-state index contributed by atoms with van der Waals surface area (Å²) < 4.78 is 4.78. The summed E-state index contributed by atoms with van der Waals surface area (Å²) >= 11 is 2.61. The monoisotopic (exact) mass is 275 g/mol. The maximum Gasteiger partial charge on any atom is 0.315 e. The minimum absolute atomic E-state index is 0.243. The number of hydrogen-bond acceptors (Lipinski definition) is 7. The highest BCUT2D eigenvalue weighted by Crippen LogP contribution is 2.15. The summed E-state index contributed by atoms with van der Waals surface area (Å²) in [7, 11) is 0. The number of amides is 1. The number of aromatic nitrogens is 1. The van der Waals surface area contributed by atoms with E-state index < -0.39 is 5.91 Å². The molecule has 0 atom stereocenters. The Morgan fingerprint density at radius 2 is 2.41 bits per heavy atom. The Morgan fingerprint density at radius 3 is 3.06 bits per heavy atom. The molecular weight excluding hydrogens is 262 g/mol. The zero-order valence-electron chi connectivity index (χ0n) is 9.26. The zero-order valence-corrected chi connectivity index (χ0v) is 10.9. The van der Waals surface area contributed by atoms with Crippen LogP contribution in [0.25, 0.3) is 0 Å². The molecule has 1 aromatic heterocycles. The molecule has 8 heteroatoms. The van der Waals surface area contributed by atoms with Crippen LogP contribution in [0.4, 0.5) is 0 Å². The van der Waals surface area contributed by atoms with Gasteiger partial charge in [0.25, 0.3) is 5.91 Å². The van der Waals surface area contributed by atoms with Crippen molar-refractivity contribution in [2.75, 3.05) is 12.4 Å². The summed E-state index contributed by atoms with van der Waals surface area (Å²) in [6.07, 6.45) is 0. The van der Waals surface area contributed by atoms with E-state index in [1.54, 1.807) is 12.3 Å². The number of thioether (sulfide) groups is 1. The number of hydrogen-bond donors (Lipinski definition) is 2. The number of nitrogens with one attached hydrogen (secondary N) is 1. The first-order chi connectivity index (χ1) is 8.17. The first-order valence-electron chi connectivity index (χ1n) is 4.86. The highest BCUT2D eigenvalue weighted by Gasteiger charge is 2.10. The lowest BCUT2D eigenvalue weighted by molar-refractivity contribution is -0.139. The maximum absolute atomic E-state index is 11.1. The van der Waals surface area contributed by atoms with Crippen LogP contribution in [0.15, 0.2) is 5.38 Å². The molecule has 1 aromatic rings. The van der Waals surface area contributed by atoms with Gasteiger partial charge in [0.15, 0.2) is 5.01 Å². The van der Waals surface area contributed by atoms with Gasteiger partial charge in [-0.1, -0.05) is 0 Å². The summed E-state index contributed by atoms with van der Waals surface area (Å²) in [6.45, 7) is 2.15. The Bertz CT molecular complexity index is 395. The number of carbonyl (C=O) groups is 2. The van der Waals surface area contributed by atoms with Crippen LogP contribution in [0.3, 0.4) is 0 Å². The van der Waals surface area contributed by atoms with Crippen molar-refractivity contribution < 1.29 is 14.3 Å². The van der Waals surface area contributed by atoms with Crippen molar-refractivity contribution in [3.8, 4) is 0 Å². The van der Waals surface area contributed by atoms with Gasteiger partial charge in [-0.15, -0.1) is 23.1 Å². The summed E-state index contributed by atoms with van der Waals surface area (Å²) in [5.74, 6) is 5.18. The van der Waals surface area contributed by atoms with E-state index in [-0.39, 0.29) is 11.7 Å². The predicted molar refractivity (Wildman–Crippen MR) is 66.6 cm³/mol. The van der Waals surface area contributed by atoms with E-state index in [1.165, 1.54) is 23.1 Å². The highest BCUT2D eigenvalue weighted by atomic mass is 32.2. The molecule has 0 saturated carbocycles. The molecule has 0 aliphatic rings. The quantitative estimate of drug-likeness (QED) is 0.341. The van der Waals surface area contributed by atoms with E-state index in [4.69, 9.17) is 10.6 Å². The SMILES string of the molecule is CCOC(=O)CSCc1csc(C(=O)NN)n1. The first-order valence-corrected chi connectivity index (χ1v) is 6.89. The van der Waals surface area contributed by atoms with E-state index >= 15 is 0 Å². The number of carbonyl (C=O) groups excluding carboxylic acids is 2. The molecule has 94 valence electrons. The van der Waals surface area contributed by atoms with Crippen molar-refractivity contribution in [2.45, 2.75) is 12.7 Å². The van der Waals surface area contributed by atoms with Crippen LogP contribution in [-0.4, -0.2) is 29.2 Å². The van der Waals surface area contributed by atoms with Crippen molar-refractivity contribution in [3.05, 3.63) is 16.1 Å². The maximum atomic E-state index is 11.1. The molecule has 0 bridgehead atoms. The number of nitrogens with zero attached hydrogens (tertiary/aromatic N) is 1. The third-order valence-electron chi connectivity index (χ3n) is 1.65. The number of ether oxygens (including phenoxy) is 1. The summed E-state index contributed by atoms with van der Waals surface area (Å²) in [5, 5.41) is 2.09. The number of hydrazine groups is 1. The van der Waals surface area contributed by atoms with E-state index in [1.807, 2.05) is 5.43 Å². The van der Waals surface area contributed by atoms with Gasteiger partial charge < -0.3 is 4.74 Å². The molecular formula is C9H13N3O3S2. The molecule has 1 rings (SSSR count). The Balaban J connectivity index is 2.35. The van der Waals surface area contributed by atoms with E-state index in [0.29, 0.717) is 17.4 Å². The van der Waals surface area contributed by atoms with E-state index in [9.17, 15) is 9.59 Å². The lowest BCUT2D eigenvalue weighted by Gasteiger charge is -1.99. The lowest BCUT2D eigenvalue weighted by atomic mass is 10.5. The van der Waals surface area contributed by atoms with Crippen LogP contribution >= 0.6 is 23.1 Å². The molecule has 0 spiro atoms. The zero-order chi connectivity index (χ0) is 12.7. The van der Waals surface area contributed by atoms with Gasteiger partial charge in [-0.25, -0.2) is 10.8 Å². The molecule has 17 heavy (non-hydrogen) atoms. The third-order valence-corrected chi connectivity index (χ3v) is 3.48. The number of esters is 1. The highest BCUT2D eigenvalue weighted by molar-refractivity contribution is 7.99. The van der Waals surface area contributed by atoms with Crippen molar-refractivity contribution in [1.82, 2.24) is 10.4 Å². The fraction of sp³-hybridized carbons (Fsp3) is 0.444. The Labute approximate surface area is 107 Å². The van der Waals surface area contributed by atoms with Gasteiger partial charge in [-0.2, -0.15) is 0 Å². The van der Waals surface area contributed by atoms with Crippen molar-refractivity contribution >= 4 is 35.0 Å². The molecule has 0 fully saturated rings. The van der Waals surface area contributed by atoms with Gasteiger partial charge in [0.05, 0.1) is 18.1 Å². The van der Waals surface area contributed by atoms with Gasteiger partial charge in [0.1, 0.15) is 0 Å². The number of thiazole rings is 1. The fourth-order valence-corrected chi connectivity index (χ4v) is 2.52.